The van der Waals surface area contributed by atoms with Crippen LogP contribution in [0.5, 0.6) is 0 Å². The minimum atomic E-state index is -0.497. The first-order valence-corrected chi connectivity index (χ1v) is 10.6. The zero-order valence-electron chi connectivity index (χ0n) is 16.9. The zero-order chi connectivity index (χ0) is 20.6. The SMILES string of the molecule is N#Cc1ccccc1-n1cc(CN2CC(O)c3ccccc3C23CCCCC3)nn1. The maximum absolute atomic E-state index is 10.9. The number of aliphatic hydroxyl groups is 1. The lowest BCUT2D eigenvalue weighted by Gasteiger charge is -2.51. The first-order valence-electron chi connectivity index (χ1n) is 10.6. The molecule has 0 amide bonds. The number of benzene rings is 2. The molecule has 6 heteroatoms. The van der Waals surface area contributed by atoms with Crippen molar-refractivity contribution in [2.24, 2.45) is 0 Å². The third kappa shape index (κ3) is 3.11. The number of β-amino-alcohol motifs (C(OH)–C–C–N with tert-alkyl or cyclic N) is 1. The van der Waals surface area contributed by atoms with Crippen molar-refractivity contribution < 1.29 is 5.11 Å². The average molecular weight is 399 g/mol. The maximum atomic E-state index is 10.9. The molecule has 2 aliphatic rings. The first kappa shape index (κ1) is 19.0. The molecule has 0 saturated heterocycles. The van der Waals surface area contributed by atoms with Gasteiger partial charge >= 0.3 is 0 Å². The van der Waals surface area contributed by atoms with Crippen LogP contribution in [0, 0.1) is 11.3 Å². The van der Waals surface area contributed by atoms with Crippen LogP contribution in [-0.4, -0.2) is 31.5 Å². The Bertz CT molecular complexity index is 1090. The molecule has 2 heterocycles. The van der Waals surface area contributed by atoms with E-state index >= 15 is 0 Å². The lowest BCUT2D eigenvalue weighted by Crippen LogP contribution is -2.52. The largest absolute Gasteiger partial charge is 0.387 e. The quantitative estimate of drug-likeness (QED) is 0.724. The van der Waals surface area contributed by atoms with Gasteiger partial charge in [0.25, 0.3) is 0 Å². The Morgan fingerprint density at radius 3 is 2.67 bits per heavy atom. The van der Waals surface area contributed by atoms with Gasteiger partial charge in [-0.25, -0.2) is 4.68 Å². The van der Waals surface area contributed by atoms with E-state index in [0.717, 1.165) is 29.8 Å². The Hall–Kier alpha value is -3.01. The lowest BCUT2D eigenvalue weighted by molar-refractivity contribution is -0.0215. The van der Waals surface area contributed by atoms with Crippen molar-refractivity contribution in [2.45, 2.75) is 50.3 Å². The van der Waals surface area contributed by atoms with Gasteiger partial charge in [0.15, 0.2) is 0 Å². The predicted octanol–water partition coefficient (Wildman–Crippen LogP) is 3.85. The van der Waals surface area contributed by atoms with Gasteiger partial charge in [0.2, 0.25) is 0 Å². The average Bonchev–Trinajstić information content (AvgIpc) is 3.26. The molecule has 1 saturated carbocycles. The van der Waals surface area contributed by atoms with Crippen LogP contribution in [-0.2, 0) is 12.1 Å². The molecule has 1 aliphatic heterocycles. The number of nitrogens with zero attached hydrogens (tertiary/aromatic N) is 5. The van der Waals surface area contributed by atoms with Crippen molar-refractivity contribution in [1.29, 1.82) is 5.26 Å². The summed E-state index contributed by atoms with van der Waals surface area (Å²) >= 11 is 0. The molecule has 30 heavy (non-hydrogen) atoms. The second-order valence-electron chi connectivity index (χ2n) is 8.36. The highest BCUT2D eigenvalue weighted by molar-refractivity contribution is 5.48. The van der Waals surface area contributed by atoms with Crippen molar-refractivity contribution in [1.82, 2.24) is 19.9 Å². The highest BCUT2D eigenvalue weighted by Gasteiger charge is 2.45. The fraction of sp³-hybridized carbons (Fsp3) is 0.375. The van der Waals surface area contributed by atoms with E-state index in [1.54, 1.807) is 10.7 Å². The van der Waals surface area contributed by atoms with Crippen LogP contribution in [0.15, 0.2) is 54.7 Å². The van der Waals surface area contributed by atoms with Gasteiger partial charge in [0.1, 0.15) is 6.07 Å². The topological polar surface area (TPSA) is 78.0 Å². The smallest absolute Gasteiger partial charge is 0.101 e. The summed E-state index contributed by atoms with van der Waals surface area (Å²) in [6, 6.07) is 18.0. The van der Waals surface area contributed by atoms with Crippen LogP contribution < -0.4 is 0 Å². The van der Waals surface area contributed by atoms with Gasteiger partial charge in [-0.2, -0.15) is 5.26 Å². The van der Waals surface area contributed by atoms with Crippen LogP contribution in [0.3, 0.4) is 0 Å². The molecule has 1 fully saturated rings. The Morgan fingerprint density at radius 1 is 1.07 bits per heavy atom. The fourth-order valence-corrected chi connectivity index (χ4v) is 5.25. The monoisotopic (exact) mass is 399 g/mol. The van der Waals surface area contributed by atoms with Gasteiger partial charge in [0, 0.05) is 18.6 Å². The molecule has 1 N–H and O–H groups in total. The molecule has 1 aliphatic carbocycles. The summed E-state index contributed by atoms with van der Waals surface area (Å²) in [4.78, 5) is 2.41. The van der Waals surface area contributed by atoms with Crippen LogP contribution in [0.25, 0.3) is 5.69 Å². The van der Waals surface area contributed by atoms with Gasteiger partial charge in [0.05, 0.1) is 29.2 Å². The second kappa shape index (κ2) is 7.67. The number of aliphatic hydroxyl groups excluding tert-OH is 1. The van der Waals surface area contributed by atoms with Crippen molar-refractivity contribution in [3.8, 4) is 11.8 Å². The van der Waals surface area contributed by atoms with E-state index in [4.69, 9.17) is 0 Å². The highest BCUT2D eigenvalue weighted by Crippen LogP contribution is 2.48. The standard InChI is InChI=1S/C24H25N5O/c25-14-18-8-2-5-11-22(18)29-16-19(26-27-29)15-28-17-23(30)20-9-3-4-10-21(20)24(28)12-6-1-7-13-24/h2-5,8-11,16,23,30H,1,6-7,12-13,15,17H2. The van der Waals surface area contributed by atoms with E-state index in [0.29, 0.717) is 18.7 Å². The third-order valence-corrected chi connectivity index (χ3v) is 6.67. The molecule has 5 rings (SSSR count). The Morgan fingerprint density at radius 2 is 1.83 bits per heavy atom. The summed E-state index contributed by atoms with van der Waals surface area (Å²) in [6.07, 6.45) is 7.26. The minimum absolute atomic E-state index is 0.0532. The number of aromatic nitrogens is 3. The summed E-state index contributed by atoms with van der Waals surface area (Å²) in [5.41, 5.74) is 4.44. The summed E-state index contributed by atoms with van der Waals surface area (Å²) in [6.45, 7) is 1.22. The van der Waals surface area contributed by atoms with E-state index in [9.17, 15) is 10.4 Å². The van der Waals surface area contributed by atoms with Crippen LogP contribution in [0.4, 0.5) is 0 Å². The molecule has 2 aromatic carbocycles. The summed E-state index contributed by atoms with van der Waals surface area (Å²) in [5, 5.41) is 28.9. The molecule has 0 bridgehead atoms. The fourth-order valence-electron chi connectivity index (χ4n) is 5.25. The van der Waals surface area contributed by atoms with Crippen molar-refractivity contribution in [2.75, 3.05) is 6.54 Å². The van der Waals surface area contributed by atoms with Gasteiger partial charge in [-0.3, -0.25) is 4.90 Å². The minimum Gasteiger partial charge on any atom is -0.387 e. The molecule has 0 radical (unpaired) electrons. The number of hydrogen-bond acceptors (Lipinski definition) is 5. The Kier molecular flexibility index (Phi) is 4.86. The predicted molar refractivity (Wildman–Crippen MR) is 113 cm³/mol. The van der Waals surface area contributed by atoms with Gasteiger partial charge in [-0.05, 0) is 36.1 Å². The lowest BCUT2D eigenvalue weighted by atomic mass is 9.70. The van der Waals surface area contributed by atoms with E-state index < -0.39 is 6.10 Å². The number of hydrogen-bond donors (Lipinski definition) is 1. The first-order chi connectivity index (χ1) is 14.7. The van der Waals surface area contributed by atoms with Crippen LogP contribution >= 0.6 is 0 Å². The van der Waals surface area contributed by atoms with Crippen molar-refractivity contribution in [3.63, 3.8) is 0 Å². The molecule has 6 nitrogen and oxygen atoms in total. The number of fused-ring (bicyclic) bond motifs is 2. The molecule has 1 aromatic heterocycles. The van der Waals surface area contributed by atoms with E-state index in [1.165, 1.54) is 24.8 Å². The summed E-state index contributed by atoms with van der Waals surface area (Å²) < 4.78 is 1.68. The molecular weight excluding hydrogens is 374 g/mol. The number of para-hydroxylation sites is 1. The van der Waals surface area contributed by atoms with Crippen molar-refractivity contribution >= 4 is 0 Å². The Balaban J connectivity index is 1.49. The number of nitriles is 1. The molecular formula is C24H25N5O. The zero-order valence-corrected chi connectivity index (χ0v) is 16.9. The Labute approximate surface area is 176 Å². The van der Waals surface area contributed by atoms with Crippen LogP contribution in [0.1, 0.15) is 60.6 Å². The van der Waals surface area contributed by atoms with E-state index in [1.807, 2.05) is 30.5 Å². The highest BCUT2D eigenvalue weighted by atomic mass is 16.3. The van der Waals surface area contributed by atoms with Crippen LogP contribution in [0.2, 0.25) is 0 Å². The van der Waals surface area contributed by atoms with Gasteiger partial charge in [-0.15, -0.1) is 5.10 Å². The van der Waals surface area contributed by atoms with Gasteiger partial charge < -0.3 is 5.11 Å². The maximum Gasteiger partial charge on any atom is 0.101 e. The molecule has 152 valence electrons. The normalized spacial score (nSPS) is 20.6. The van der Waals surface area contributed by atoms with E-state index in [-0.39, 0.29) is 5.54 Å². The summed E-state index contributed by atoms with van der Waals surface area (Å²) in [5.74, 6) is 0. The molecule has 3 aromatic rings. The molecule has 1 atom stereocenters. The van der Waals surface area contributed by atoms with Crippen molar-refractivity contribution in [3.05, 3.63) is 77.1 Å². The second-order valence-corrected chi connectivity index (χ2v) is 8.36. The molecule has 1 unspecified atom stereocenters. The summed E-state index contributed by atoms with van der Waals surface area (Å²) in [7, 11) is 0. The van der Waals surface area contributed by atoms with Gasteiger partial charge in [-0.1, -0.05) is 60.9 Å². The number of rotatable bonds is 3. The third-order valence-electron chi connectivity index (χ3n) is 6.67. The van der Waals surface area contributed by atoms with E-state index in [2.05, 4.69) is 39.5 Å². The molecule has 1 spiro atoms.